The molecule has 9 heteroatoms. The summed E-state index contributed by atoms with van der Waals surface area (Å²) in [5.74, 6) is 0.333. The number of thioether (sulfide) groups is 1. The van der Waals surface area contributed by atoms with Crippen LogP contribution in [0.1, 0.15) is 0 Å². The van der Waals surface area contributed by atoms with Crippen LogP contribution in [0.4, 0.5) is 5.69 Å². The summed E-state index contributed by atoms with van der Waals surface area (Å²) in [4.78, 5) is 26.6. The van der Waals surface area contributed by atoms with E-state index in [0.717, 1.165) is 52.2 Å². The summed E-state index contributed by atoms with van der Waals surface area (Å²) in [5.41, 5.74) is 5.38. The summed E-state index contributed by atoms with van der Waals surface area (Å²) in [7, 11) is 0. The third-order valence-corrected chi connectivity index (χ3v) is 7.80. The molecule has 0 atom stereocenters. The molecule has 3 aromatic carbocycles. The van der Waals surface area contributed by atoms with Gasteiger partial charge in [0.05, 0.1) is 11.3 Å². The van der Waals surface area contributed by atoms with Gasteiger partial charge in [-0.1, -0.05) is 84.0 Å². The van der Waals surface area contributed by atoms with E-state index in [1.54, 1.807) is 0 Å². The van der Waals surface area contributed by atoms with Gasteiger partial charge in [0.15, 0.2) is 0 Å². The molecule has 39 heavy (non-hydrogen) atoms. The van der Waals surface area contributed by atoms with E-state index in [0.29, 0.717) is 23.3 Å². The second-order valence-electron chi connectivity index (χ2n) is 9.17. The number of amides is 1. The van der Waals surface area contributed by atoms with E-state index in [4.69, 9.17) is 16.6 Å². The van der Waals surface area contributed by atoms with Crippen LogP contribution in [0.25, 0.3) is 33.4 Å². The molecule has 7 nitrogen and oxygen atoms in total. The van der Waals surface area contributed by atoms with Gasteiger partial charge in [-0.05, 0) is 24.3 Å². The zero-order valence-electron chi connectivity index (χ0n) is 21.1. The van der Waals surface area contributed by atoms with Gasteiger partial charge >= 0.3 is 0 Å². The van der Waals surface area contributed by atoms with Crippen LogP contribution in [0.15, 0.2) is 96.3 Å². The first kappa shape index (κ1) is 25.3. The van der Waals surface area contributed by atoms with E-state index in [1.165, 1.54) is 11.8 Å². The van der Waals surface area contributed by atoms with E-state index in [9.17, 15) is 4.79 Å². The molecule has 1 aliphatic rings. The Kier molecular flexibility index (Phi) is 7.38. The molecule has 0 saturated carbocycles. The van der Waals surface area contributed by atoms with Gasteiger partial charge in [-0.15, -0.1) is 10.2 Å². The Hall–Kier alpha value is -4.01. The highest BCUT2D eigenvalue weighted by atomic mass is 35.5. The molecule has 0 aliphatic carbocycles. The van der Waals surface area contributed by atoms with Crippen molar-refractivity contribution in [2.24, 2.45) is 0 Å². The van der Waals surface area contributed by atoms with E-state index >= 15 is 0 Å². The minimum atomic E-state index is 0.0722. The van der Waals surface area contributed by atoms with Crippen LogP contribution >= 0.6 is 23.4 Å². The van der Waals surface area contributed by atoms with Crippen molar-refractivity contribution in [2.45, 2.75) is 5.16 Å². The maximum atomic E-state index is 13.1. The lowest BCUT2D eigenvalue weighted by Gasteiger charge is -2.36. The van der Waals surface area contributed by atoms with E-state index in [1.807, 2.05) is 96.0 Å². The minimum Gasteiger partial charge on any atom is -0.367 e. The molecular formula is C30H25ClN6OS. The van der Waals surface area contributed by atoms with Gasteiger partial charge in [-0.3, -0.25) is 9.78 Å². The Bertz CT molecular complexity index is 1610. The smallest absolute Gasteiger partial charge is 0.233 e. The molecule has 1 amide bonds. The normalized spacial score (nSPS) is 13.6. The maximum absolute atomic E-state index is 13.1. The fraction of sp³-hybridized carbons (Fsp3) is 0.167. The molecule has 2 aromatic heterocycles. The van der Waals surface area contributed by atoms with Gasteiger partial charge in [-0.2, -0.15) is 0 Å². The average molecular weight is 553 g/mol. The summed E-state index contributed by atoms with van der Waals surface area (Å²) in [5, 5.41) is 11.1. The van der Waals surface area contributed by atoms with Gasteiger partial charge in [0.2, 0.25) is 11.1 Å². The van der Waals surface area contributed by atoms with Crippen LogP contribution in [0.5, 0.6) is 0 Å². The number of pyridine rings is 1. The molecule has 0 bridgehead atoms. The first-order valence-electron chi connectivity index (χ1n) is 12.7. The van der Waals surface area contributed by atoms with Crippen LogP contribution in [0.2, 0.25) is 5.02 Å². The fourth-order valence-corrected chi connectivity index (χ4v) is 5.61. The van der Waals surface area contributed by atoms with Crippen molar-refractivity contribution in [2.75, 3.05) is 36.8 Å². The number of carbonyl (C=O) groups is 1. The standard InChI is InChI=1S/C30H25ClN6OS/c31-23-11-12-24-25(19-23)32-14-13-26(24)36-15-17-37(18-16-36)27(38)20-39-30-33-28(21-7-3-1-4-8-21)29(34-35-30)22-9-5-2-6-10-22/h1-14,19H,15-18,20H2. The van der Waals surface area contributed by atoms with Crippen molar-refractivity contribution in [1.29, 1.82) is 0 Å². The molecule has 5 aromatic rings. The van der Waals surface area contributed by atoms with E-state index in [-0.39, 0.29) is 11.7 Å². The van der Waals surface area contributed by atoms with Crippen molar-refractivity contribution in [3.05, 3.63) is 96.1 Å². The van der Waals surface area contributed by atoms with Crippen molar-refractivity contribution >= 4 is 45.9 Å². The molecule has 3 heterocycles. The van der Waals surface area contributed by atoms with Crippen LogP contribution in [-0.4, -0.2) is 62.9 Å². The summed E-state index contributed by atoms with van der Waals surface area (Å²) in [6, 6.07) is 27.7. The van der Waals surface area contributed by atoms with Crippen LogP contribution in [0, 0.1) is 0 Å². The van der Waals surface area contributed by atoms with Gasteiger partial charge in [0, 0.05) is 59.6 Å². The molecule has 1 fully saturated rings. The van der Waals surface area contributed by atoms with Crippen molar-refractivity contribution in [1.82, 2.24) is 25.1 Å². The SMILES string of the molecule is O=C(CSc1nnc(-c2ccccc2)c(-c2ccccc2)n1)N1CCN(c2ccnc3cc(Cl)ccc23)CC1. The van der Waals surface area contributed by atoms with Crippen molar-refractivity contribution in [3.8, 4) is 22.5 Å². The maximum Gasteiger partial charge on any atom is 0.233 e. The molecule has 1 saturated heterocycles. The number of carbonyl (C=O) groups excluding carboxylic acids is 1. The Morgan fingerprint density at radius 1 is 0.821 bits per heavy atom. The lowest BCUT2D eigenvalue weighted by molar-refractivity contribution is -0.128. The number of hydrogen-bond acceptors (Lipinski definition) is 7. The van der Waals surface area contributed by atoms with Crippen LogP contribution in [-0.2, 0) is 4.79 Å². The largest absolute Gasteiger partial charge is 0.367 e. The summed E-state index contributed by atoms with van der Waals surface area (Å²) in [6.45, 7) is 2.80. The molecule has 0 radical (unpaired) electrons. The number of benzene rings is 3. The average Bonchev–Trinajstić information content (AvgIpc) is 3.00. The minimum absolute atomic E-state index is 0.0722. The number of halogens is 1. The lowest BCUT2D eigenvalue weighted by Crippen LogP contribution is -2.49. The van der Waals surface area contributed by atoms with Crippen molar-refractivity contribution < 1.29 is 4.79 Å². The Morgan fingerprint density at radius 3 is 2.23 bits per heavy atom. The Labute approximate surface area is 235 Å². The third-order valence-electron chi connectivity index (χ3n) is 6.74. The molecule has 1 aliphatic heterocycles. The zero-order chi connectivity index (χ0) is 26.6. The summed E-state index contributed by atoms with van der Waals surface area (Å²) in [6.07, 6.45) is 1.81. The number of rotatable bonds is 6. The number of anilines is 1. The van der Waals surface area contributed by atoms with Crippen LogP contribution in [0.3, 0.4) is 0 Å². The quantitative estimate of drug-likeness (QED) is 0.245. The monoisotopic (exact) mass is 552 g/mol. The van der Waals surface area contributed by atoms with Gasteiger partial charge in [0.25, 0.3) is 0 Å². The van der Waals surface area contributed by atoms with E-state index < -0.39 is 0 Å². The van der Waals surface area contributed by atoms with Gasteiger partial charge in [0.1, 0.15) is 11.4 Å². The van der Waals surface area contributed by atoms with Gasteiger partial charge < -0.3 is 9.80 Å². The number of nitrogens with zero attached hydrogens (tertiary/aromatic N) is 6. The molecule has 0 unspecified atom stereocenters. The lowest BCUT2D eigenvalue weighted by atomic mass is 10.0. The highest BCUT2D eigenvalue weighted by molar-refractivity contribution is 7.99. The predicted octanol–water partition coefficient (Wildman–Crippen LogP) is 5.85. The number of piperazine rings is 1. The fourth-order valence-electron chi connectivity index (χ4n) is 4.76. The topological polar surface area (TPSA) is 75.1 Å². The summed E-state index contributed by atoms with van der Waals surface area (Å²) >= 11 is 7.47. The Morgan fingerprint density at radius 2 is 1.51 bits per heavy atom. The summed E-state index contributed by atoms with van der Waals surface area (Å²) < 4.78 is 0. The molecule has 0 spiro atoms. The first-order valence-corrected chi connectivity index (χ1v) is 14.1. The van der Waals surface area contributed by atoms with Crippen LogP contribution < -0.4 is 4.90 Å². The van der Waals surface area contributed by atoms with E-state index in [2.05, 4.69) is 20.1 Å². The number of aromatic nitrogens is 4. The highest BCUT2D eigenvalue weighted by Crippen LogP contribution is 2.30. The molecule has 194 valence electrons. The van der Waals surface area contributed by atoms with Crippen molar-refractivity contribution in [3.63, 3.8) is 0 Å². The second-order valence-corrected chi connectivity index (χ2v) is 10.6. The third kappa shape index (κ3) is 5.57. The first-order chi connectivity index (χ1) is 19.2. The predicted molar refractivity (Wildman–Crippen MR) is 157 cm³/mol. The highest BCUT2D eigenvalue weighted by Gasteiger charge is 2.23. The molecule has 6 rings (SSSR count). The number of fused-ring (bicyclic) bond motifs is 1. The molecule has 0 N–H and O–H groups in total. The second kappa shape index (κ2) is 11.4. The Balaban J connectivity index is 1.13. The van der Waals surface area contributed by atoms with Gasteiger partial charge in [-0.25, -0.2) is 4.98 Å². The molecular weight excluding hydrogens is 528 g/mol. The zero-order valence-corrected chi connectivity index (χ0v) is 22.6. The number of hydrogen-bond donors (Lipinski definition) is 0.